The Bertz CT molecular complexity index is 533. The Kier molecular flexibility index (Phi) is 2.65. The molecule has 0 saturated heterocycles. The summed E-state index contributed by atoms with van der Waals surface area (Å²) in [5.41, 5.74) is 3.93. The van der Waals surface area contributed by atoms with Crippen molar-refractivity contribution < 1.29 is 5.11 Å². The number of fused-ring (bicyclic) bond motifs is 1. The minimum Gasteiger partial charge on any atom is -0.388 e. The maximum absolute atomic E-state index is 9.25. The lowest BCUT2D eigenvalue weighted by Crippen LogP contribution is -2.09. The largest absolute Gasteiger partial charge is 0.388 e. The Hall–Kier alpha value is -1.68. The first-order valence-electron chi connectivity index (χ1n) is 6.01. The second kappa shape index (κ2) is 4.30. The van der Waals surface area contributed by atoms with Crippen LogP contribution in [0, 0.1) is 0 Å². The first-order valence-corrected chi connectivity index (χ1v) is 6.01. The molecule has 0 fully saturated rings. The molecule has 3 rings (SSSR count). The van der Waals surface area contributed by atoms with Crippen molar-refractivity contribution in [3.8, 4) is 5.69 Å². The maximum atomic E-state index is 9.25. The lowest BCUT2D eigenvalue weighted by Gasteiger charge is -2.19. The number of aryl methyl sites for hydroxylation is 1. The summed E-state index contributed by atoms with van der Waals surface area (Å²) in [6.45, 7) is -0.0797. The fourth-order valence-corrected chi connectivity index (χ4v) is 2.55. The van der Waals surface area contributed by atoms with E-state index in [9.17, 15) is 5.11 Å². The number of hydrogen-bond acceptors (Lipinski definition) is 3. The highest BCUT2D eigenvalue weighted by Crippen LogP contribution is 2.27. The molecule has 0 atom stereocenters. The molecule has 0 bridgehead atoms. The van der Waals surface area contributed by atoms with Gasteiger partial charge in [-0.2, -0.15) is 0 Å². The van der Waals surface area contributed by atoms with E-state index in [1.165, 1.54) is 24.0 Å². The molecule has 4 heteroatoms. The Labute approximate surface area is 99.9 Å². The molecule has 1 N–H and O–H groups in total. The zero-order chi connectivity index (χ0) is 11.7. The highest BCUT2D eigenvalue weighted by Gasteiger charge is 2.15. The van der Waals surface area contributed by atoms with Gasteiger partial charge in [0.25, 0.3) is 0 Å². The summed E-state index contributed by atoms with van der Waals surface area (Å²) in [4.78, 5) is 0. The first kappa shape index (κ1) is 10.5. The Morgan fingerprint density at radius 1 is 1.24 bits per heavy atom. The first-order chi connectivity index (χ1) is 8.40. The number of benzene rings is 1. The Balaban J connectivity index is 2.14. The topological polar surface area (TPSA) is 50.9 Å². The lowest BCUT2D eigenvalue weighted by atomic mass is 9.90. The van der Waals surface area contributed by atoms with Crippen LogP contribution in [-0.2, 0) is 19.4 Å². The fourth-order valence-electron chi connectivity index (χ4n) is 2.55. The molecule has 1 aliphatic carbocycles. The van der Waals surface area contributed by atoms with Crippen molar-refractivity contribution in [2.24, 2.45) is 0 Å². The fraction of sp³-hybridized carbons (Fsp3) is 0.385. The van der Waals surface area contributed by atoms with Crippen LogP contribution in [-0.4, -0.2) is 19.9 Å². The molecule has 0 amide bonds. The molecular formula is C13H15N3O. The van der Waals surface area contributed by atoms with Gasteiger partial charge in [0.05, 0.1) is 5.69 Å². The Morgan fingerprint density at radius 2 is 2.12 bits per heavy atom. The molecule has 0 radical (unpaired) electrons. The molecule has 0 saturated carbocycles. The number of aromatic nitrogens is 3. The lowest BCUT2D eigenvalue weighted by molar-refractivity contribution is 0.269. The van der Waals surface area contributed by atoms with Crippen LogP contribution in [0.2, 0.25) is 0 Å². The summed E-state index contributed by atoms with van der Waals surface area (Å²) in [5.74, 6) is 0.601. The molecule has 1 aliphatic rings. The summed E-state index contributed by atoms with van der Waals surface area (Å²) in [7, 11) is 0. The average molecular weight is 229 g/mol. The van der Waals surface area contributed by atoms with E-state index in [1.54, 1.807) is 6.33 Å². The van der Waals surface area contributed by atoms with Gasteiger partial charge in [-0.25, -0.2) is 0 Å². The minimum atomic E-state index is -0.0797. The highest BCUT2D eigenvalue weighted by molar-refractivity contribution is 5.47. The molecular weight excluding hydrogens is 214 g/mol. The molecule has 1 heterocycles. The van der Waals surface area contributed by atoms with E-state index in [4.69, 9.17) is 0 Å². The normalized spacial score (nSPS) is 14.6. The van der Waals surface area contributed by atoms with Crippen LogP contribution < -0.4 is 0 Å². The van der Waals surface area contributed by atoms with Crippen LogP contribution >= 0.6 is 0 Å². The number of aliphatic hydroxyl groups excluding tert-OH is 1. The van der Waals surface area contributed by atoms with Crippen LogP contribution in [0.3, 0.4) is 0 Å². The maximum Gasteiger partial charge on any atom is 0.163 e. The SMILES string of the molecule is OCc1nncn1-c1cccc2c1CCCC2. The molecule has 2 aromatic rings. The van der Waals surface area contributed by atoms with Crippen molar-refractivity contribution in [3.63, 3.8) is 0 Å². The van der Waals surface area contributed by atoms with Gasteiger partial charge in [-0.1, -0.05) is 12.1 Å². The molecule has 0 unspecified atom stereocenters. The van der Waals surface area contributed by atoms with E-state index in [0.717, 1.165) is 18.5 Å². The monoisotopic (exact) mass is 229 g/mol. The summed E-state index contributed by atoms with van der Waals surface area (Å²) in [6, 6.07) is 6.34. The summed E-state index contributed by atoms with van der Waals surface area (Å²) in [6.07, 6.45) is 6.44. The molecule has 1 aromatic heterocycles. The number of nitrogens with zero attached hydrogens (tertiary/aromatic N) is 3. The van der Waals surface area contributed by atoms with Crippen molar-refractivity contribution in [2.75, 3.05) is 0 Å². The van der Waals surface area contributed by atoms with Crippen molar-refractivity contribution in [3.05, 3.63) is 41.5 Å². The zero-order valence-electron chi connectivity index (χ0n) is 9.63. The van der Waals surface area contributed by atoms with Crippen molar-refractivity contribution in [1.82, 2.24) is 14.8 Å². The van der Waals surface area contributed by atoms with Crippen LogP contribution in [0.15, 0.2) is 24.5 Å². The smallest absolute Gasteiger partial charge is 0.163 e. The van der Waals surface area contributed by atoms with Gasteiger partial charge in [0.2, 0.25) is 0 Å². The van der Waals surface area contributed by atoms with Crippen molar-refractivity contribution in [2.45, 2.75) is 32.3 Å². The van der Waals surface area contributed by atoms with E-state index in [-0.39, 0.29) is 6.61 Å². The van der Waals surface area contributed by atoms with E-state index in [0.29, 0.717) is 5.82 Å². The predicted octanol–water partition coefficient (Wildman–Crippen LogP) is 1.64. The zero-order valence-corrected chi connectivity index (χ0v) is 9.63. The van der Waals surface area contributed by atoms with Crippen LogP contribution in [0.1, 0.15) is 29.8 Å². The highest BCUT2D eigenvalue weighted by atomic mass is 16.3. The summed E-state index contributed by atoms with van der Waals surface area (Å²) in [5, 5.41) is 17.0. The van der Waals surface area contributed by atoms with Gasteiger partial charge in [-0.15, -0.1) is 10.2 Å². The van der Waals surface area contributed by atoms with Gasteiger partial charge in [-0.3, -0.25) is 4.57 Å². The molecule has 0 aliphatic heterocycles. The third kappa shape index (κ3) is 1.74. The van der Waals surface area contributed by atoms with Gasteiger partial charge >= 0.3 is 0 Å². The Morgan fingerprint density at radius 3 is 3.00 bits per heavy atom. The number of rotatable bonds is 2. The number of aliphatic hydroxyl groups is 1. The predicted molar refractivity (Wildman–Crippen MR) is 63.9 cm³/mol. The standard InChI is InChI=1S/C13H15N3O/c17-8-13-15-14-9-16(13)12-7-3-5-10-4-1-2-6-11(10)12/h3,5,7,9,17H,1-2,4,6,8H2. The van der Waals surface area contributed by atoms with E-state index in [2.05, 4.69) is 28.4 Å². The quantitative estimate of drug-likeness (QED) is 0.851. The molecule has 88 valence electrons. The summed E-state index contributed by atoms with van der Waals surface area (Å²) >= 11 is 0. The second-order valence-corrected chi connectivity index (χ2v) is 4.40. The van der Waals surface area contributed by atoms with E-state index >= 15 is 0 Å². The van der Waals surface area contributed by atoms with Gasteiger partial charge < -0.3 is 5.11 Å². The third-order valence-electron chi connectivity index (χ3n) is 3.39. The molecule has 17 heavy (non-hydrogen) atoms. The minimum absolute atomic E-state index is 0.0797. The van der Waals surface area contributed by atoms with Crippen molar-refractivity contribution in [1.29, 1.82) is 0 Å². The van der Waals surface area contributed by atoms with Gasteiger partial charge in [-0.05, 0) is 42.9 Å². The van der Waals surface area contributed by atoms with Crippen LogP contribution in [0.5, 0.6) is 0 Å². The molecule has 4 nitrogen and oxygen atoms in total. The third-order valence-corrected chi connectivity index (χ3v) is 3.39. The van der Waals surface area contributed by atoms with E-state index in [1.807, 2.05) is 4.57 Å². The second-order valence-electron chi connectivity index (χ2n) is 4.40. The summed E-state index contributed by atoms with van der Waals surface area (Å²) < 4.78 is 1.89. The number of hydrogen-bond donors (Lipinski definition) is 1. The molecule has 1 aromatic carbocycles. The van der Waals surface area contributed by atoms with Crippen LogP contribution in [0.4, 0.5) is 0 Å². The van der Waals surface area contributed by atoms with E-state index < -0.39 is 0 Å². The van der Waals surface area contributed by atoms with Crippen LogP contribution in [0.25, 0.3) is 5.69 Å². The van der Waals surface area contributed by atoms with Gasteiger partial charge in [0.15, 0.2) is 5.82 Å². The van der Waals surface area contributed by atoms with Crippen molar-refractivity contribution >= 4 is 0 Å². The van der Waals surface area contributed by atoms with Gasteiger partial charge in [0.1, 0.15) is 12.9 Å². The average Bonchev–Trinajstić information content (AvgIpc) is 2.86. The molecule has 0 spiro atoms. The van der Waals surface area contributed by atoms with Gasteiger partial charge in [0, 0.05) is 0 Å².